The Bertz CT molecular complexity index is 940. The Kier molecular flexibility index (Phi) is 7.18. The van der Waals surface area contributed by atoms with Gasteiger partial charge in [-0.1, -0.05) is 31.7 Å². The van der Waals surface area contributed by atoms with Gasteiger partial charge in [-0.2, -0.15) is 0 Å². The molecular weight excluding hydrogens is 400 g/mol. The summed E-state index contributed by atoms with van der Waals surface area (Å²) in [5.41, 5.74) is 1.23. The predicted octanol–water partition coefficient (Wildman–Crippen LogP) is 2.01. The highest BCUT2D eigenvalue weighted by Crippen LogP contribution is 2.25. The lowest BCUT2D eigenvalue weighted by Gasteiger charge is -2.16. The summed E-state index contributed by atoms with van der Waals surface area (Å²) >= 11 is 1.26. The van der Waals surface area contributed by atoms with E-state index in [4.69, 9.17) is 0 Å². The van der Waals surface area contributed by atoms with Crippen LogP contribution in [-0.2, 0) is 21.4 Å². The molecule has 28 heavy (non-hydrogen) atoms. The third kappa shape index (κ3) is 5.30. The summed E-state index contributed by atoms with van der Waals surface area (Å²) in [6.07, 6.45) is 0. The van der Waals surface area contributed by atoms with Gasteiger partial charge in [-0.15, -0.1) is 5.10 Å². The van der Waals surface area contributed by atoms with Crippen LogP contribution in [-0.4, -0.2) is 58.2 Å². The minimum Gasteiger partial charge on any atom is -0.325 e. The first kappa shape index (κ1) is 22.3. The number of rotatable bonds is 8. The fourth-order valence-corrected chi connectivity index (χ4v) is 4.02. The van der Waals surface area contributed by atoms with Gasteiger partial charge < -0.3 is 5.32 Å². The Balaban J connectivity index is 2.15. The molecule has 1 heterocycles. The normalized spacial score (nSPS) is 13.1. The van der Waals surface area contributed by atoms with Crippen LogP contribution in [0.2, 0.25) is 0 Å². The SMILES string of the molecule is Cc1ccc(S(=O)(=O)N(C)C)cc1NC(=O)[C@@H](C)Sc1nnnn1CC(C)C. The van der Waals surface area contributed by atoms with Gasteiger partial charge in [0, 0.05) is 26.3 Å². The van der Waals surface area contributed by atoms with Crippen LogP contribution in [0.1, 0.15) is 26.3 Å². The molecule has 154 valence electrons. The smallest absolute Gasteiger partial charge is 0.242 e. The van der Waals surface area contributed by atoms with E-state index in [0.717, 1.165) is 9.87 Å². The average Bonchev–Trinajstić information content (AvgIpc) is 3.02. The molecule has 0 aliphatic carbocycles. The zero-order valence-electron chi connectivity index (χ0n) is 16.9. The number of nitrogens with one attached hydrogen (secondary N) is 1. The Morgan fingerprint density at radius 3 is 2.57 bits per heavy atom. The van der Waals surface area contributed by atoms with Crippen molar-refractivity contribution in [2.24, 2.45) is 5.92 Å². The summed E-state index contributed by atoms with van der Waals surface area (Å²) in [5.74, 6) is 0.114. The van der Waals surface area contributed by atoms with Crippen molar-refractivity contribution in [1.29, 1.82) is 0 Å². The molecule has 11 heteroatoms. The van der Waals surface area contributed by atoms with Gasteiger partial charge in [0.15, 0.2) is 0 Å². The molecule has 1 amide bonds. The van der Waals surface area contributed by atoms with Crippen molar-refractivity contribution in [1.82, 2.24) is 24.5 Å². The number of hydrogen-bond donors (Lipinski definition) is 1. The summed E-state index contributed by atoms with van der Waals surface area (Å²) in [4.78, 5) is 12.8. The predicted molar refractivity (Wildman–Crippen MR) is 109 cm³/mol. The van der Waals surface area contributed by atoms with Crippen LogP contribution in [0.25, 0.3) is 0 Å². The molecule has 0 aliphatic heterocycles. The van der Waals surface area contributed by atoms with E-state index in [0.29, 0.717) is 23.3 Å². The van der Waals surface area contributed by atoms with E-state index in [9.17, 15) is 13.2 Å². The number of carbonyl (C=O) groups is 1. The van der Waals surface area contributed by atoms with Gasteiger partial charge in [0.05, 0.1) is 10.1 Å². The molecule has 0 aliphatic rings. The van der Waals surface area contributed by atoms with Gasteiger partial charge in [0.25, 0.3) is 0 Å². The van der Waals surface area contributed by atoms with E-state index >= 15 is 0 Å². The summed E-state index contributed by atoms with van der Waals surface area (Å²) < 4.78 is 27.5. The number of hydrogen-bond acceptors (Lipinski definition) is 7. The van der Waals surface area contributed by atoms with E-state index in [1.165, 1.54) is 38.0 Å². The molecular formula is C17H26N6O3S2. The third-order valence-corrected chi connectivity index (χ3v) is 6.82. The number of aromatic nitrogens is 4. The van der Waals surface area contributed by atoms with Crippen molar-refractivity contribution in [2.45, 2.75) is 49.5 Å². The highest BCUT2D eigenvalue weighted by atomic mass is 32.2. The quantitative estimate of drug-likeness (QED) is 0.643. The molecule has 0 unspecified atom stereocenters. The molecule has 0 fully saturated rings. The Hall–Kier alpha value is -1.98. The van der Waals surface area contributed by atoms with Crippen LogP contribution >= 0.6 is 11.8 Å². The van der Waals surface area contributed by atoms with Crippen molar-refractivity contribution in [3.63, 3.8) is 0 Å². The monoisotopic (exact) mass is 426 g/mol. The molecule has 1 aromatic heterocycles. The zero-order chi connectivity index (χ0) is 21.1. The van der Waals surface area contributed by atoms with Crippen LogP contribution in [0.5, 0.6) is 0 Å². The van der Waals surface area contributed by atoms with Crippen molar-refractivity contribution >= 4 is 33.4 Å². The summed E-state index contributed by atoms with van der Waals surface area (Å²) in [7, 11) is -0.652. The van der Waals surface area contributed by atoms with Gasteiger partial charge in [-0.25, -0.2) is 17.4 Å². The Labute approximate surface area is 169 Å². The van der Waals surface area contributed by atoms with Crippen LogP contribution in [0.4, 0.5) is 5.69 Å². The topological polar surface area (TPSA) is 110 Å². The van der Waals surface area contributed by atoms with Gasteiger partial charge in [-0.3, -0.25) is 4.79 Å². The second kappa shape index (κ2) is 9.01. The number of amides is 1. The standard InChI is InChI=1S/C17H26N6O3S2/c1-11(2)10-23-17(19-20-21-23)27-13(4)16(24)18-15-9-14(8-7-12(15)3)28(25,26)22(5)6/h7-9,11,13H,10H2,1-6H3,(H,18,24)/t13-/m1/s1. The van der Waals surface area contributed by atoms with E-state index in [1.807, 2.05) is 6.92 Å². The maximum atomic E-state index is 12.6. The van der Waals surface area contributed by atoms with Crippen LogP contribution in [0.15, 0.2) is 28.3 Å². The van der Waals surface area contributed by atoms with Crippen molar-refractivity contribution in [3.8, 4) is 0 Å². The highest BCUT2D eigenvalue weighted by molar-refractivity contribution is 8.00. The average molecular weight is 427 g/mol. The molecule has 1 atom stereocenters. The van der Waals surface area contributed by atoms with E-state index in [-0.39, 0.29) is 10.8 Å². The molecule has 1 aromatic carbocycles. The number of sulfonamides is 1. The third-order valence-electron chi connectivity index (χ3n) is 3.93. The van der Waals surface area contributed by atoms with Gasteiger partial charge in [-0.05, 0) is 47.9 Å². The molecule has 9 nitrogen and oxygen atoms in total. The number of nitrogens with zero attached hydrogens (tertiary/aromatic N) is 5. The van der Waals surface area contributed by atoms with Gasteiger partial charge in [0.2, 0.25) is 21.1 Å². The van der Waals surface area contributed by atoms with Crippen LogP contribution in [0, 0.1) is 12.8 Å². The molecule has 0 spiro atoms. The minimum absolute atomic E-state index is 0.125. The molecule has 0 saturated carbocycles. The lowest BCUT2D eigenvalue weighted by Crippen LogP contribution is -2.25. The largest absolute Gasteiger partial charge is 0.325 e. The molecule has 1 N–H and O–H groups in total. The second-order valence-corrected chi connectivity index (χ2v) is 10.5. The minimum atomic E-state index is -3.58. The molecule has 0 radical (unpaired) electrons. The maximum Gasteiger partial charge on any atom is 0.242 e. The van der Waals surface area contributed by atoms with Crippen molar-refractivity contribution in [3.05, 3.63) is 23.8 Å². The highest BCUT2D eigenvalue weighted by Gasteiger charge is 2.22. The Morgan fingerprint density at radius 1 is 1.29 bits per heavy atom. The first-order valence-electron chi connectivity index (χ1n) is 8.79. The van der Waals surface area contributed by atoms with E-state index in [1.54, 1.807) is 17.7 Å². The number of benzene rings is 1. The fourth-order valence-electron chi connectivity index (χ4n) is 2.29. The zero-order valence-corrected chi connectivity index (χ0v) is 18.5. The van der Waals surface area contributed by atoms with Gasteiger partial charge >= 0.3 is 0 Å². The van der Waals surface area contributed by atoms with E-state index in [2.05, 4.69) is 34.7 Å². The first-order chi connectivity index (χ1) is 13.0. The molecule has 2 rings (SSSR count). The molecule has 0 bridgehead atoms. The lowest BCUT2D eigenvalue weighted by atomic mass is 10.2. The number of aryl methyl sites for hydroxylation is 1. The lowest BCUT2D eigenvalue weighted by molar-refractivity contribution is -0.115. The fraction of sp³-hybridized carbons (Fsp3) is 0.529. The van der Waals surface area contributed by atoms with Crippen LogP contribution in [0.3, 0.4) is 0 Å². The van der Waals surface area contributed by atoms with E-state index < -0.39 is 15.3 Å². The number of thioether (sulfide) groups is 1. The summed E-state index contributed by atoms with van der Waals surface area (Å²) in [6, 6.07) is 4.67. The summed E-state index contributed by atoms with van der Waals surface area (Å²) in [5, 5.41) is 14.5. The molecule has 0 saturated heterocycles. The van der Waals surface area contributed by atoms with Crippen molar-refractivity contribution in [2.75, 3.05) is 19.4 Å². The number of carbonyl (C=O) groups excluding carboxylic acids is 1. The van der Waals surface area contributed by atoms with Crippen LogP contribution < -0.4 is 5.32 Å². The second-order valence-electron chi connectivity index (χ2n) is 7.05. The number of anilines is 1. The number of tetrazole rings is 1. The van der Waals surface area contributed by atoms with Crippen molar-refractivity contribution < 1.29 is 13.2 Å². The Morgan fingerprint density at radius 2 is 1.96 bits per heavy atom. The maximum absolute atomic E-state index is 12.6. The molecule has 2 aromatic rings. The van der Waals surface area contributed by atoms with Gasteiger partial charge in [0.1, 0.15) is 0 Å². The summed E-state index contributed by atoms with van der Waals surface area (Å²) in [6.45, 7) is 8.34. The first-order valence-corrected chi connectivity index (χ1v) is 11.1.